The van der Waals surface area contributed by atoms with E-state index in [9.17, 15) is 4.79 Å². The molecule has 0 bridgehead atoms. The number of aromatic nitrogens is 4. The lowest BCUT2D eigenvalue weighted by molar-refractivity contribution is 0.00695. The van der Waals surface area contributed by atoms with Gasteiger partial charge in [-0.3, -0.25) is 10.00 Å². The summed E-state index contributed by atoms with van der Waals surface area (Å²) in [5, 5.41) is 10.8. The SMILES string of the molecule is CCNc1ncc(-c2n[nH]c3c2CN(C(=O)N2CC(C)(C)N(C)C[C@@H]2C)C3(C)C)c(N)n1. The summed E-state index contributed by atoms with van der Waals surface area (Å²) < 4.78 is 0. The topological polar surface area (TPSA) is 119 Å². The Morgan fingerprint density at radius 2 is 2.06 bits per heavy atom. The largest absolute Gasteiger partial charge is 0.383 e. The van der Waals surface area contributed by atoms with E-state index in [1.54, 1.807) is 6.20 Å². The molecule has 2 aromatic rings. The number of piperazine rings is 1. The summed E-state index contributed by atoms with van der Waals surface area (Å²) in [7, 11) is 2.12. The molecule has 4 N–H and O–H groups in total. The van der Waals surface area contributed by atoms with Crippen LogP contribution in [0.15, 0.2) is 6.20 Å². The highest BCUT2D eigenvalue weighted by molar-refractivity contribution is 5.80. The van der Waals surface area contributed by atoms with Gasteiger partial charge in [0, 0.05) is 43.0 Å². The average Bonchev–Trinajstić information content (AvgIpc) is 3.23. The van der Waals surface area contributed by atoms with Crippen molar-refractivity contribution < 1.29 is 4.79 Å². The van der Waals surface area contributed by atoms with Crippen molar-refractivity contribution in [1.29, 1.82) is 0 Å². The molecule has 10 heteroatoms. The molecular weight excluding hydrogens is 406 g/mol. The molecule has 0 radical (unpaired) electrons. The first-order chi connectivity index (χ1) is 15.0. The normalized spacial score (nSPS) is 22.2. The number of urea groups is 1. The number of carbonyl (C=O) groups is 1. The minimum Gasteiger partial charge on any atom is -0.383 e. The van der Waals surface area contributed by atoms with Crippen LogP contribution in [0, 0.1) is 0 Å². The smallest absolute Gasteiger partial charge is 0.321 e. The maximum atomic E-state index is 13.8. The van der Waals surface area contributed by atoms with Gasteiger partial charge in [0.2, 0.25) is 5.95 Å². The maximum Gasteiger partial charge on any atom is 0.321 e. The van der Waals surface area contributed by atoms with Crippen molar-refractivity contribution >= 4 is 17.8 Å². The summed E-state index contributed by atoms with van der Waals surface area (Å²) in [6.45, 7) is 15.3. The highest BCUT2D eigenvalue weighted by atomic mass is 16.2. The third kappa shape index (κ3) is 3.46. The summed E-state index contributed by atoms with van der Waals surface area (Å²) >= 11 is 0. The van der Waals surface area contributed by atoms with E-state index in [1.165, 1.54) is 0 Å². The number of nitrogen functional groups attached to an aromatic ring is 1. The van der Waals surface area contributed by atoms with Gasteiger partial charge in [-0.1, -0.05) is 0 Å². The number of nitrogens with two attached hydrogens (primary N) is 1. The Morgan fingerprint density at radius 1 is 1.34 bits per heavy atom. The molecule has 1 fully saturated rings. The van der Waals surface area contributed by atoms with Crippen molar-refractivity contribution in [3.05, 3.63) is 17.5 Å². The second-order valence-electron chi connectivity index (χ2n) is 10.0. The average molecular weight is 442 g/mol. The van der Waals surface area contributed by atoms with Crippen molar-refractivity contribution in [3.8, 4) is 11.3 Å². The monoisotopic (exact) mass is 441 g/mol. The van der Waals surface area contributed by atoms with E-state index in [4.69, 9.17) is 5.73 Å². The number of fused-ring (bicyclic) bond motifs is 1. The number of nitrogens with zero attached hydrogens (tertiary/aromatic N) is 6. The summed E-state index contributed by atoms with van der Waals surface area (Å²) in [4.78, 5) is 28.7. The summed E-state index contributed by atoms with van der Waals surface area (Å²) in [5.74, 6) is 0.854. The predicted octanol–water partition coefficient (Wildman–Crippen LogP) is 2.47. The van der Waals surface area contributed by atoms with E-state index in [-0.39, 0.29) is 17.6 Å². The minimum atomic E-state index is -0.524. The molecule has 1 saturated heterocycles. The fourth-order valence-corrected chi connectivity index (χ4v) is 4.71. The Kier molecular flexibility index (Phi) is 5.31. The highest BCUT2D eigenvalue weighted by Gasteiger charge is 2.47. The van der Waals surface area contributed by atoms with Gasteiger partial charge in [0.05, 0.1) is 23.3 Å². The van der Waals surface area contributed by atoms with E-state index in [1.807, 2.05) is 16.7 Å². The van der Waals surface area contributed by atoms with Crippen LogP contribution in [-0.4, -0.2) is 79.2 Å². The zero-order valence-electron chi connectivity index (χ0n) is 20.2. The summed E-state index contributed by atoms with van der Waals surface area (Å²) in [6.07, 6.45) is 1.69. The predicted molar refractivity (Wildman–Crippen MR) is 125 cm³/mol. The van der Waals surface area contributed by atoms with Gasteiger partial charge in [-0.2, -0.15) is 10.1 Å². The number of hydrogen-bond acceptors (Lipinski definition) is 7. The van der Waals surface area contributed by atoms with Crippen LogP contribution in [0.4, 0.5) is 16.6 Å². The van der Waals surface area contributed by atoms with Crippen LogP contribution in [0.25, 0.3) is 11.3 Å². The van der Waals surface area contributed by atoms with Gasteiger partial charge in [-0.25, -0.2) is 9.78 Å². The third-order valence-corrected chi connectivity index (χ3v) is 7.02. The number of rotatable bonds is 3. The van der Waals surface area contributed by atoms with Crippen LogP contribution in [0.5, 0.6) is 0 Å². The van der Waals surface area contributed by atoms with Crippen LogP contribution in [0.3, 0.4) is 0 Å². The lowest BCUT2D eigenvalue weighted by atomic mass is 9.96. The molecular formula is C22H35N9O. The molecule has 1 atom stereocenters. The van der Waals surface area contributed by atoms with Crippen LogP contribution in [-0.2, 0) is 12.1 Å². The van der Waals surface area contributed by atoms with Crippen molar-refractivity contribution in [2.45, 2.75) is 65.2 Å². The van der Waals surface area contributed by atoms with Gasteiger partial charge < -0.3 is 20.9 Å². The molecule has 174 valence electrons. The van der Waals surface area contributed by atoms with Crippen molar-refractivity contribution in [2.24, 2.45) is 0 Å². The Labute approximate surface area is 189 Å². The zero-order chi connectivity index (χ0) is 23.4. The Balaban J connectivity index is 1.64. The molecule has 10 nitrogen and oxygen atoms in total. The first-order valence-electron chi connectivity index (χ1n) is 11.2. The first kappa shape index (κ1) is 22.3. The number of likely N-dealkylation sites (N-methyl/N-ethyl adjacent to an activating group) is 1. The number of nitrogens with one attached hydrogen (secondary N) is 2. The second kappa shape index (κ2) is 7.61. The summed E-state index contributed by atoms with van der Waals surface area (Å²) in [6, 6.07) is 0.182. The zero-order valence-corrected chi connectivity index (χ0v) is 20.2. The van der Waals surface area contributed by atoms with Gasteiger partial charge in [0.25, 0.3) is 0 Å². The van der Waals surface area contributed by atoms with Crippen molar-refractivity contribution in [3.63, 3.8) is 0 Å². The van der Waals surface area contributed by atoms with Crippen molar-refractivity contribution in [1.82, 2.24) is 34.9 Å². The number of H-pyrrole nitrogens is 1. The maximum absolute atomic E-state index is 13.8. The number of hydrogen-bond donors (Lipinski definition) is 3. The standard InChI is InChI=1S/C22H35N9O/c1-8-24-19-25-9-14(18(23)26-19)16-15-11-31(22(5,6)17(15)28-27-16)20(32)30-12-21(3,4)29(7)10-13(30)2/h9,13H,8,10-12H2,1-7H3,(H,27,28)(H3,23,24,25,26)/t13-/m0/s1. The Morgan fingerprint density at radius 3 is 2.72 bits per heavy atom. The van der Waals surface area contributed by atoms with Crippen LogP contribution < -0.4 is 11.1 Å². The molecule has 4 heterocycles. The van der Waals surface area contributed by atoms with Gasteiger partial charge in [0.15, 0.2) is 0 Å². The molecule has 0 aromatic carbocycles. The molecule has 4 rings (SSSR count). The second-order valence-corrected chi connectivity index (χ2v) is 10.0. The lowest BCUT2D eigenvalue weighted by Gasteiger charge is -2.50. The third-order valence-electron chi connectivity index (χ3n) is 7.02. The van der Waals surface area contributed by atoms with E-state index in [2.05, 4.69) is 72.0 Å². The highest BCUT2D eigenvalue weighted by Crippen LogP contribution is 2.43. The molecule has 32 heavy (non-hydrogen) atoms. The Bertz CT molecular complexity index is 1030. The van der Waals surface area contributed by atoms with Crippen LogP contribution >= 0.6 is 0 Å². The van der Waals surface area contributed by atoms with Gasteiger partial charge in [-0.05, 0) is 48.6 Å². The van der Waals surface area contributed by atoms with Gasteiger partial charge in [0.1, 0.15) is 11.5 Å². The number of anilines is 2. The van der Waals surface area contributed by atoms with E-state index in [0.29, 0.717) is 42.7 Å². The van der Waals surface area contributed by atoms with E-state index >= 15 is 0 Å². The molecule has 0 spiro atoms. The molecule has 2 amide bonds. The fraction of sp³-hybridized carbons (Fsp3) is 0.636. The molecule has 0 aliphatic carbocycles. The molecule has 0 saturated carbocycles. The van der Waals surface area contributed by atoms with Gasteiger partial charge >= 0.3 is 6.03 Å². The molecule has 2 aromatic heterocycles. The van der Waals surface area contributed by atoms with Gasteiger partial charge in [-0.15, -0.1) is 0 Å². The minimum absolute atomic E-state index is 0.0472. The van der Waals surface area contributed by atoms with Crippen LogP contribution in [0.1, 0.15) is 52.8 Å². The molecule has 2 aliphatic rings. The quantitative estimate of drug-likeness (QED) is 0.669. The lowest BCUT2D eigenvalue weighted by Crippen LogP contribution is -2.65. The molecule has 0 unspecified atom stereocenters. The Hall–Kier alpha value is -2.88. The number of carbonyl (C=O) groups excluding carboxylic acids is 1. The number of aromatic amines is 1. The van der Waals surface area contributed by atoms with Crippen molar-refractivity contribution in [2.75, 3.05) is 37.7 Å². The first-order valence-corrected chi connectivity index (χ1v) is 11.2. The molecule has 2 aliphatic heterocycles. The fourth-order valence-electron chi connectivity index (χ4n) is 4.71. The summed E-state index contributed by atoms with van der Waals surface area (Å²) in [5.41, 5.74) is 8.91. The van der Waals surface area contributed by atoms with Crippen LogP contribution in [0.2, 0.25) is 0 Å². The van der Waals surface area contributed by atoms with E-state index < -0.39 is 5.54 Å². The number of amides is 2. The van der Waals surface area contributed by atoms with E-state index in [0.717, 1.165) is 17.8 Å².